The van der Waals surface area contributed by atoms with Gasteiger partial charge in [-0.3, -0.25) is 0 Å². The second kappa shape index (κ2) is 5.84. The van der Waals surface area contributed by atoms with Gasteiger partial charge in [-0.15, -0.1) is 0 Å². The van der Waals surface area contributed by atoms with Crippen LogP contribution < -0.4 is 4.57 Å². The zero-order valence-electron chi connectivity index (χ0n) is 14.4. The molecule has 3 aromatic carbocycles. The normalized spacial score (nSPS) is 12.0. The molecule has 0 amide bonds. The van der Waals surface area contributed by atoms with Crippen molar-refractivity contribution in [2.45, 2.75) is 13.1 Å². The molecule has 0 aliphatic rings. The number of pyridine rings is 1. The molecule has 0 radical (unpaired) electrons. The SMILES string of the molecule is Cc1c(-c2ccc3c(C(F)(F)F)cccc3[n+]2C)ccc2ccccc12. The monoisotopic (exact) mass is 352 g/mol. The van der Waals surface area contributed by atoms with Crippen LogP contribution in [-0.2, 0) is 13.2 Å². The van der Waals surface area contributed by atoms with Crippen LogP contribution in [0.1, 0.15) is 11.1 Å². The molecule has 26 heavy (non-hydrogen) atoms. The van der Waals surface area contributed by atoms with E-state index in [1.54, 1.807) is 18.2 Å². The van der Waals surface area contributed by atoms with Gasteiger partial charge in [0.25, 0.3) is 0 Å². The first kappa shape index (κ1) is 16.6. The summed E-state index contributed by atoms with van der Waals surface area (Å²) in [5.74, 6) is 0. The predicted octanol–water partition coefficient (Wildman–Crippen LogP) is 5.81. The van der Waals surface area contributed by atoms with Crippen LogP contribution in [0.5, 0.6) is 0 Å². The molecule has 4 heteroatoms. The number of nitrogens with zero attached hydrogens (tertiary/aromatic N) is 1. The number of halogens is 3. The van der Waals surface area contributed by atoms with E-state index >= 15 is 0 Å². The molecule has 1 heterocycles. The fraction of sp³-hybridized carbons (Fsp3) is 0.136. The molecule has 0 bridgehead atoms. The van der Waals surface area contributed by atoms with Gasteiger partial charge in [0, 0.05) is 17.7 Å². The first-order valence-corrected chi connectivity index (χ1v) is 8.35. The molecule has 0 saturated carbocycles. The highest BCUT2D eigenvalue weighted by Gasteiger charge is 2.34. The first-order chi connectivity index (χ1) is 12.4. The Kier molecular flexibility index (Phi) is 3.72. The maximum Gasteiger partial charge on any atom is 0.417 e. The molecule has 0 unspecified atom stereocenters. The van der Waals surface area contributed by atoms with Gasteiger partial charge in [0.15, 0.2) is 0 Å². The van der Waals surface area contributed by atoms with E-state index in [1.807, 2.05) is 42.8 Å². The molecule has 130 valence electrons. The highest BCUT2D eigenvalue weighted by atomic mass is 19.4. The van der Waals surface area contributed by atoms with E-state index in [0.29, 0.717) is 5.52 Å². The molecule has 0 saturated heterocycles. The molecular weight excluding hydrogens is 335 g/mol. The maximum absolute atomic E-state index is 13.3. The molecule has 0 aliphatic carbocycles. The van der Waals surface area contributed by atoms with Gasteiger partial charge >= 0.3 is 6.18 Å². The van der Waals surface area contributed by atoms with E-state index in [0.717, 1.165) is 33.7 Å². The molecule has 4 aromatic rings. The lowest BCUT2D eigenvalue weighted by atomic mass is 9.97. The summed E-state index contributed by atoms with van der Waals surface area (Å²) in [5.41, 5.74) is 2.98. The Labute approximate surface area is 149 Å². The van der Waals surface area contributed by atoms with Crippen LogP contribution in [0, 0.1) is 6.92 Å². The fourth-order valence-electron chi connectivity index (χ4n) is 3.65. The number of fused-ring (bicyclic) bond motifs is 2. The number of aryl methyl sites for hydroxylation is 2. The molecule has 0 spiro atoms. The van der Waals surface area contributed by atoms with Gasteiger partial charge in [-0.2, -0.15) is 17.7 Å². The third-order valence-corrected chi connectivity index (χ3v) is 4.99. The molecule has 0 aliphatic heterocycles. The van der Waals surface area contributed by atoms with Crippen LogP contribution in [-0.4, -0.2) is 0 Å². The minimum atomic E-state index is -4.37. The second-order valence-corrected chi connectivity index (χ2v) is 6.47. The highest BCUT2D eigenvalue weighted by Crippen LogP contribution is 2.35. The number of alkyl halides is 3. The van der Waals surface area contributed by atoms with Gasteiger partial charge in [-0.1, -0.05) is 36.4 Å². The Morgan fingerprint density at radius 1 is 0.769 bits per heavy atom. The minimum absolute atomic E-state index is 0.213. The summed E-state index contributed by atoms with van der Waals surface area (Å²) < 4.78 is 41.7. The van der Waals surface area contributed by atoms with Crippen molar-refractivity contribution >= 4 is 21.7 Å². The Hall–Kier alpha value is -2.88. The Balaban J connectivity index is 2.00. The van der Waals surface area contributed by atoms with Crippen LogP contribution in [0.3, 0.4) is 0 Å². The predicted molar refractivity (Wildman–Crippen MR) is 97.8 cm³/mol. The summed E-state index contributed by atoms with van der Waals surface area (Å²) in [5, 5.41) is 2.51. The molecule has 1 nitrogen and oxygen atoms in total. The molecule has 0 fully saturated rings. The zero-order chi connectivity index (χ0) is 18.5. The van der Waals surface area contributed by atoms with E-state index in [9.17, 15) is 13.2 Å². The van der Waals surface area contributed by atoms with Crippen LogP contribution in [0.2, 0.25) is 0 Å². The number of hydrogen-bond donors (Lipinski definition) is 0. The summed E-state index contributed by atoms with van der Waals surface area (Å²) in [6.07, 6.45) is -4.37. The van der Waals surface area contributed by atoms with E-state index in [2.05, 4.69) is 12.1 Å². The molecule has 1 aromatic heterocycles. The molecule has 0 atom stereocenters. The van der Waals surface area contributed by atoms with Crippen molar-refractivity contribution < 1.29 is 17.7 Å². The van der Waals surface area contributed by atoms with Crippen molar-refractivity contribution in [3.63, 3.8) is 0 Å². The van der Waals surface area contributed by atoms with Crippen molar-refractivity contribution in [3.05, 3.63) is 77.9 Å². The third kappa shape index (κ3) is 2.53. The van der Waals surface area contributed by atoms with E-state index in [-0.39, 0.29) is 5.39 Å². The first-order valence-electron chi connectivity index (χ1n) is 8.35. The molecule has 0 N–H and O–H groups in total. The topological polar surface area (TPSA) is 3.88 Å². The Morgan fingerprint density at radius 2 is 1.54 bits per heavy atom. The average Bonchev–Trinajstić information content (AvgIpc) is 2.62. The lowest BCUT2D eigenvalue weighted by Gasteiger charge is -2.12. The molecule has 4 rings (SSSR count). The van der Waals surface area contributed by atoms with Gasteiger partial charge in [0.1, 0.15) is 7.05 Å². The van der Waals surface area contributed by atoms with Crippen molar-refractivity contribution in [1.29, 1.82) is 0 Å². The van der Waals surface area contributed by atoms with Crippen LogP contribution in [0.4, 0.5) is 13.2 Å². The van der Waals surface area contributed by atoms with Gasteiger partial charge in [0.2, 0.25) is 11.2 Å². The summed E-state index contributed by atoms with van der Waals surface area (Å²) in [7, 11) is 1.81. The van der Waals surface area contributed by atoms with Crippen LogP contribution in [0.25, 0.3) is 32.9 Å². The summed E-state index contributed by atoms with van der Waals surface area (Å²) in [4.78, 5) is 0. The van der Waals surface area contributed by atoms with E-state index < -0.39 is 11.7 Å². The fourth-order valence-corrected chi connectivity index (χ4v) is 3.65. The number of hydrogen-bond acceptors (Lipinski definition) is 0. The minimum Gasteiger partial charge on any atom is -0.194 e. The summed E-state index contributed by atoms with van der Waals surface area (Å²) >= 11 is 0. The molecular formula is C22H17F3N+. The zero-order valence-corrected chi connectivity index (χ0v) is 14.4. The largest absolute Gasteiger partial charge is 0.417 e. The van der Waals surface area contributed by atoms with Crippen molar-refractivity contribution in [3.8, 4) is 11.3 Å². The van der Waals surface area contributed by atoms with E-state index in [1.165, 1.54) is 6.07 Å². The van der Waals surface area contributed by atoms with Crippen LogP contribution >= 0.6 is 0 Å². The Morgan fingerprint density at radius 3 is 2.31 bits per heavy atom. The second-order valence-electron chi connectivity index (χ2n) is 6.47. The smallest absolute Gasteiger partial charge is 0.194 e. The van der Waals surface area contributed by atoms with Gasteiger partial charge in [-0.05, 0) is 41.5 Å². The standard InChI is InChI=1S/C22H17F3N/c1-14-16-7-4-3-6-15(16)10-11-17(14)21-13-12-18-19(22(23,24)25)8-5-9-20(18)26(21)2/h3-13H,1-2H3/q+1. The van der Waals surface area contributed by atoms with Crippen molar-refractivity contribution in [2.24, 2.45) is 7.05 Å². The lowest BCUT2D eigenvalue weighted by Crippen LogP contribution is -2.32. The summed E-state index contributed by atoms with van der Waals surface area (Å²) in [6, 6.07) is 19.9. The third-order valence-electron chi connectivity index (χ3n) is 4.99. The maximum atomic E-state index is 13.3. The quantitative estimate of drug-likeness (QED) is 0.381. The van der Waals surface area contributed by atoms with Gasteiger partial charge in [-0.25, -0.2) is 0 Å². The van der Waals surface area contributed by atoms with Crippen molar-refractivity contribution in [1.82, 2.24) is 0 Å². The number of benzene rings is 3. The number of rotatable bonds is 1. The number of aromatic nitrogens is 1. The van der Waals surface area contributed by atoms with E-state index in [4.69, 9.17) is 0 Å². The van der Waals surface area contributed by atoms with Crippen molar-refractivity contribution in [2.75, 3.05) is 0 Å². The highest BCUT2D eigenvalue weighted by molar-refractivity contribution is 5.91. The lowest BCUT2D eigenvalue weighted by molar-refractivity contribution is -0.633. The Bertz CT molecular complexity index is 1140. The van der Waals surface area contributed by atoms with Gasteiger partial charge < -0.3 is 0 Å². The summed E-state index contributed by atoms with van der Waals surface area (Å²) in [6.45, 7) is 2.05. The average molecular weight is 352 g/mol. The van der Waals surface area contributed by atoms with Crippen LogP contribution in [0.15, 0.2) is 66.7 Å². The van der Waals surface area contributed by atoms with Gasteiger partial charge in [0.05, 0.1) is 10.9 Å².